The van der Waals surface area contributed by atoms with E-state index in [1.165, 1.54) is 0 Å². The van der Waals surface area contributed by atoms with Crippen LogP contribution in [0.2, 0.25) is 0 Å². The maximum Gasteiger partial charge on any atom is 0.137 e. The maximum atomic E-state index is 7.60. The van der Waals surface area contributed by atoms with Crippen molar-refractivity contribution in [1.82, 2.24) is 4.98 Å². The topological polar surface area (TPSA) is 31.4 Å². The van der Waals surface area contributed by atoms with Gasteiger partial charge in [0.2, 0.25) is 0 Å². The summed E-state index contributed by atoms with van der Waals surface area (Å²) in [5.41, 5.74) is 0. The van der Waals surface area contributed by atoms with Gasteiger partial charge >= 0.3 is 0 Å². The normalized spacial score (nSPS) is 25.4. The zero-order valence-corrected chi connectivity index (χ0v) is 7.23. The molecule has 1 rings (SSSR count). The number of rotatable bonds is 4. The number of pyridine rings is 1. The van der Waals surface area contributed by atoms with E-state index in [0.717, 1.165) is 0 Å². The number of nitrogens with zero attached hydrogens (tertiary/aromatic N) is 1. The molecule has 0 fully saturated rings. The van der Waals surface area contributed by atoms with E-state index in [1.54, 1.807) is 0 Å². The van der Waals surface area contributed by atoms with Crippen molar-refractivity contribution in [3.05, 3.63) is 22.9 Å². The Balaban J connectivity index is 3.20. The van der Waals surface area contributed by atoms with E-state index in [4.69, 9.17) is 13.7 Å². The molecule has 66 valence electrons. The summed E-state index contributed by atoms with van der Waals surface area (Å²) in [6, 6.07) is -1.21. The Bertz CT molecular complexity index is 575. The molecule has 0 spiro atoms. The molecule has 0 amide bonds. The lowest BCUT2D eigenvalue weighted by molar-refractivity contribution is 0.146. The van der Waals surface area contributed by atoms with Crippen LogP contribution < -0.4 is 4.74 Å². The first-order valence-electron chi connectivity index (χ1n) is 7.70. The molecule has 0 atom stereocenters. The number of aromatic nitrogens is 1. The van der Waals surface area contributed by atoms with Gasteiger partial charge in [-0.25, -0.2) is 4.98 Å². The minimum absolute atomic E-state index is 0.142. The van der Waals surface area contributed by atoms with Crippen LogP contribution in [0.5, 0.6) is 5.75 Å². The predicted molar refractivity (Wildman–Crippen MR) is 49.3 cm³/mol. The van der Waals surface area contributed by atoms with Gasteiger partial charge in [-0.2, -0.15) is 0 Å². The fraction of sp³-hybridized carbons (Fsp3) is 0.375. The minimum Gasteiger partial charge on any atom is -0.490 e. The summed E-state index contributed by atoms with van der Waals surface area (Å²) in [6.07, 6.45) is -0.721. The van der Waals surface area contributed by atoms with E-state index in [2.05, 4.69) is 30.4 Å². The third-order valence-electron chi connectivity index (χ3n) is 0.781. The van der Waals surface area contributed by atoms with E-state index < -0.39 is 44.2 Å². The van der Waals surface area contributed by atoms with E-state index in [-0.39, 0.29) is 4.60 Å². The Kier molecular flexibility index (Phi) is 1.14. The minimum atomic E-state index is -3.41. The number of hydrogen-bond donors (Lipinski definition) is 0. The molecule has 0 aliphatic rings. The summed E-state index contributed by atoms with van der Waals surface area (Å²) in [7, 11) is -3.23. The molecule has 1 aromatic rings. The van der Waals surface area contributed by atoms with Crippen LogP contribution in [0.25, 0.3) is 0 Å². The van der Waals surface area contributed by atoms with Crippen LogP contribution in [0.4, 0.5) is 0 Å². The van der Waals surface area contributed by atoms with Crippen LogP contribution >= 0.6 is 15.9 Å². The van der Waals surface area contributed by atoms with Crippen molar-refractivity contribution in [2.24, 2.45) is 0 Å². The Morgan fingerprint density at radius 1 is 1.75 bits per heavy atom. The third-order valence-corrected chi connectivity index (χ3v) is 1.16. The van der Waals surface area contributed by atoms with Crippen LogP contribution in [-0.4, -0.2) is 25.1 Å². The Morgan fingerprint density at radius 3 is 3.50 bits per heavy atom. The molecule has 0 aliphatic carbocycles. The Morgan fingerprint density at radius 2 is 2.67 bits per heavy atom. The van der Waals surface area contributed by atoms with Gasteiger partial charge in [-0.3, -0.25) is 0 Å². The largest absolute Gasteiger partial charge is 0.490 e. The number of hydrogen-bond acceptors (Lipinski definition) is 3. The molecule has 4 heteroatoms. The van der Waals surface area contributed by atoms with E-state index in [9.17, 15) is 0 Å². The van der Waals surface area contributed by atoms with E-state index in [1.807, 2.05) is 0 Å². The molecule has 0 aliphatic heterocycles. The van der Waals surface area contributed by atoms with Gasteiger partial charge in [0.25, 0.3) is 0 Å². The Labute approximate surface area is 93.9 Å². The lowest BCUT2D eigenvalue weighted by Crippen LogP contribution is -2.04. The summed E-state index contributed by atoms with van der Waals surface area (Å²) >= 11 is 2.83. The summed E-state index contributed by atoms with van der Waals surface area (Å²) < 4.78 is 81.3. The molecule has 1 aromatic heterocycles. The molecule has 1 heterocycles. The van der Waals surface area contributed by atoms with Gasteiger partial charge in [-0.1, -0.05) is 0 Å². The van der Waals surface area contributed by atoms with Crippen LogP contribution in [-0.2, 0) is 4.74 Å². The van der Waals surface area contributed by atoms with Crippen molar-refractivity contribution in [2.75, 3.05) is 20.2 Å². The highest BCUT2D eigenvalue weighted by molar-refractivity contribution is 9.10. The lowest BCUT2D eigenvalue weighted by Gasteiger charge is -2.03. The second-order valence-corrected chi connectivity index (χ2v) is 2.25. The second-order valence-electron chi connectivity index (χ2n) is 1.50. The van der Waals surface area contributed by atoms with Gasteiger partial charge in [-0.15, -0.1) is 0 Å². The zero-order valence-electron chi connectivity index (χ0n) is 15.6. The van der Waals surface area contributed by atoms with Gasteiger partial charge in [0, 0.05) is 7.04 Å². The van der Waals surface area contributed by atoms with Crippen molar-refractivity contribution >= 4 is 15.9 Å². The highest BCUT2D eigenvalue weighted by atomic mass is 79.9. The molecule has 0 saturated heterocycles. The summed E-state index contributed by atoms with van der Waals surface area (Å²) in [6.45, 7) is -6.76. The molecule has 0 bridgehead atoms. The van der Waals surface area contributed by atoms with Gasteiger partial charge < -0.3 is 9.47 Å². The molecule has 0 N–H and O–H groups in total. The number of halogens is 1. The van der Waals surface area contributed by atoms with Crippen molar-refractivity contribution < 1.29 is 23.2 Å². The average molecular weight is 242 g/mol. The molecular weight excluding hydrogens is 222 g/mol. The third kappa shape index (κ3) is 3.19. The van der Waals surface area contributed by atoms with Crippen molar-refractivity contribution in [1.29, 1.82) is 0 Å². The first-order chi connectivity index (χ1) is 9.68. The SMILES string of the molecule is [2H]c1nc(Br)c([2H])c([2H])c1OC([2H])([2H])C([2H])([2H])OC([2H])([2H])[2H]. The molecule has 0 unspecified atom stereocenters. The molecule has 0 saturated carbocycles. The summed E-state index contributed by atoms with van der Waals surface area (Å²) in [5.74, 6) is -0.809. The van der Waals surface area contributed by atoms with Crippen LogP contribution in [0.1, 0.15) is 13.7 Å². The monoisotopic (exact) mass is 241 g/mol. The smallest absolute Gasteiger partial charge is 0.137 e. The van der Waals surface area contributed by atoms with Crippen molar-refractivity contribution in [3.63, 3.8) is 0 Å². The zero-order chi connectivity index (χ0) is 17.5. The first-order valence-corrected chi connectivity index (χ1v) is 3.50. The Hall–Kier alpha value is -0.610. The highest BCUT2D eigenvalue weighted by Gasteiger charge is 1.92. The van der Waals surface area contributed by atoms with Gasteiger partial charge in [-0.05, 0) is 28.0 Å². The molecule has 12 heavy (non-hydrogen) atoms. The summed E-state index contributed by atoms with van der Waals surface area (Å²) in [4.78, 5) is 3.48. The molecular formula is C8H10BrNO2. The maximum absolute atomic E-state index is 7.60. The highest BCUT2D eigenvalue weighted by Crippen LogP contribution is 2.12. The van der Waals surface area contributed by atoms with Crippen molar-refractivity contribution in [3.8, 4) is 5.75 Å². The fourth-order valence-electron chi connectivity index (χ4n) is 0.405. The van der Waals surface area contributed by atoms with Crippen LogP contribution in [0.15, 0.2) is 22.9 Å². The fourth-order valence-corrected chi connectivity index (χ4v) is 0.593. The number of ether oxygens (including phenoxy) is 2. The molecule has 0 radical (unpaired) electrons. The molecule has 0 aromatic carbocycles. The predicted octanol–water partition coefficient (Wildman–Crippen LogP) is 1.87. The number of methoxy groups -OCH3 is 1. The standard InChI is InChI=1S/C8H10BrNO2/c1-11-4-5-12-7-2-3-8(9)10-6-7/h2-3,6H,4-5H2,1H3/i1D3,2D,3D,4D2,5D2,6D. The van der Waals surface area contributed by atoms with E-state index in [0.29, 0.717) is 0 Å². The van der Waals surface area contributed by atoms with Gasteiger partial charge in [0.15, 0.2) is 0 Å². The average Bonchev–Trinajstić information content (AvgIpc) is 2.29. The van der Waals surface area contributed by atoms with E-state index >= 15 is 0 Å². The van der Waals surface area contributed by atoms with Crippen LogP contribution in [0.3, 0.4) is 0 Å². The summed E-state index contributed by atoms with van der Waals surface area (Å²) in [5, 5.41) is 0. The van der Waals surface area contributed by atoms with Crippen LogP contribution in [0, 0.1) is 0 Å². The first kappa shape index (κ1) is 2.69. The second kappa shape index (κ2) is 5.11. The van der Waals surface area contributed by atoms with Gasteiger partial charge in [0.1, 0.15) is 16.9 Å². The lowest BCUT2D eigenvalue weighted by atomic mass is 10.5. The van der Waals surface area contributed by atoms with Crippen molar-refractivity contribution in [2.45, 2.75) is 0 Å². The molecule has 3 nitrogen and oxygen atoms in total. The van der Waals surface area contributed by atoms with Gasteiger partial charge in [0.05, 0.1) is 26.4 Å². The quantitative estimate of drug-likeness (QED) is 0.755.